The van der Waals surface area contributed by atoms with E-state index in [-0.39, 0.29) is 19.5 Å². The van der Waals surface area contributed by atoms with E-state index in [1.54, 1.807) is 0 Å². The SMILES string of the molecule is CC.CC(C)NC(=O)C1CC(C(C)C)CO1.[HH]. The quantitative estimate of drug-likeness (QED) is 0.811. The number of ether oxygens (including phenoxy) is 1. The average molecular weight is 231 g/mol. The summed E-state index contributed by atoms with van der Waals surface area (Å²) in [6, 6.07) is 0.198. The van der Waals surface area contributed by atoms with Crippen molar-refractivity contribution < 1.29 is 11.0 Å². The normalized spacial score (nSPS) is 24.2. The molecule has 0 spiro atoms. The summed E-state index contributed by atoms with van der Waals surface area (Å²) in [6.07, 6.45) is 0.653. The third-order valence-corrected chi connectivity index (χ3v) is 2.69. The van der Waals surface area contributed by atoms with Crippen LogP contribution in [0.15, 0.2) is 0 Å². The topological polar surface area (TPSA) is 38.3 Å². The predicted octanol–water partition coefficient (Wildman–Crippen LogP) is 2.84. The number of hydrogen-bond acceptors (Lipinski definition) is 2. The maximum absolute atomic E-state index is 11.6. The van der Waals surface area contributed by atoms with Crippen LogP contribution in [0, 0.1) is 11.8 Å². The fraction of sp³-hybridized carbons (Fsp3) is 0.923. The van der Waals surface area contributed by atoms with Gasteiger partial charge in [-0.15, -0.1) is 0 Å². The van der Waals surface area contributed by atoms with Gasteiger partial charge in [0.1, 0.15) is 6.10 Å². The Labute approximate surface area is 101 Å². The van der Waals surface area contributed by atoms with E-state index in [0.717, 1.165) is 13.0 Å². The second-order valence-corrected chi connectivity index (χ2v) is 4.73. The van der Waals surface area contributed by atoms with Gasteiger partial charge in [-0.2, -0.15) is 0 Å². The molecule has 0 aromatic rings. The fourth-order valence-corrected chi connectivity index (χ4v) is 1.68. The molecular formula is C13H29NO2. The van der Waals surface area contributed by atoms with Gasteiger partial charge in [-0.25, -0.2) is 0 Å². The van der Waals surface area contributed by atoms with Gasteiger partial charge < -0.3 is 10.1 Å². The molecule has 98 valence electrons. The van der Waals surface area contributed by atoms with E-state index in [9.17, 15) is 4.79 Å². The molecule has 1 rings (SSSR count). The van der Waals surface area contributed by atoms with Crippen molar-refractivity contribution in [2.75, 3.05) is 6.61 Å². The molecule has 0 aromatic heterocycles. The molecule has 0 radical (unpaired) electrons. The molecule has 1 aliphatic rings. The van der Waals surface area contributed by atoms with Gasteiger partial charge in [-0.3, -0.25) is 4.79 Å². The Bertz CT molecular complexity index is 208. The van der Waals surface area contributed by atoms with Crippen LogP contribution in [0.25, 0.3) is 0 Å². The number of carbonyl (C=O) groups excluding carboxylic acids is 1. The molecule has 3 heteroatoms. The Hall–Kier alpha value is -0.570. The number of carbonyl (C=O) groups is 1. The zero-order chi connectivity index (χ0) is 12.7. The Morgan fingerprint density at radius 3 is 2.25 bits per heavy atom. The molecule has 0 saturated carbocycles. The Morgan fingerprint density at radius 1 is 1.31 bits per heavy atom. The van der Waals surface area contributed by atoms with Crippen molar-refractivity contribution in [2.24, 2.45) is 11.8 Å². The summed E-state index contributed by atoms with van der Waals surface area (Å²) in [7, 11) is 0. The lowest BCUT2D eigenvalue weighted by atomic mass is 9.93. The van der Waals surface area contributed by atoms with Crippen molar-refractivity contribution in [3.05, 3.63) is 0 Å². The van der Waals surface area contributed by atoms with Crippen LogP contribution in [-0.4, -0.2) is 24.7 Å². The van der Waals surface area contributed by atoms with E-state index in [1.165, 1.54) is 0 Å². The monoisotopic (exact) mass is 231 g/mol. The minimum absolute atomic E-state index is 0. The van der Waals surface area contributed by atoms with Gasteiger partial charge in [0, 0.05) is 7.47 Å². The van der Waals surface area contributed by atoms with E-state index in [0.29, 0.717) is 11.8 Å². The fourth-order valence-electron chi connectivity index (χ4n) is 1.68. The summed E-state index contributed by atoms with van der Waals surface area (Å²) < 4.78 is 5.48. The Kier molecular flexibility index (Phi) is 7.39. The van der Waals surface area contributed by atoms with Gasteiger partial charge in [0.25, 0.3) is 0 Å². The molecule has 0 aromatic carbocycles. The van der Waals surface area contributed by atoms with Crippen LogP contribution < -0.4 is 5.32 Å². The van der Waals surface area contributed by atoms with E-state index >= 15 is 0 Å². The third-order valence-electron chi connectivity index (χ3n) is 2.69. The number of rotatable bonds is 3. The van der Waals surface area contributed by atoms with Crippen molar-refractivity contribution in [1.82, 2.24) is 5.32 Å². The largest absolute Gasteiger partial charge is 0.368 e. The number of amides is 1. The summed E-state index contributed by atoms with van der Waals surface area (Å²) in [4.78, 5) is 11.6. The second kappa shape index (κ2) is 7.66. The molecule has 3 nitrogen and oxygen atoms in total. The first-order chi connectivity index (χ1) is 7.50. The van der Waals surface area contributed by atoms with Crippen molar-refractivity contribution in [2.45, 2.75) is 60.1 Å². The predicted molar refractivity (Wildman–Crippen MR) is 69.4 cm³/mol. The highest BCUT2D eigenvalue weighted by atomic mass is 16.5. The molecule has 16 heavy (non-hydrogen) atoms. The van der Waals surface area contributed by atoms with Gasteiger partial charge in [0.2, 0.25) is 5.91 Å². The van der Waals surface area contributed by atoms with Crippen molar-refractivity contribution in [3.8, 4) is 0 Å². The molecule has 2 atom stereocenters. The first-order valence-electron chi connectivity index (χ1n) is 6.42. The van der Waals surface area contributed by atoms with E-state index in [2.05, 4.69) is 19.2 Å². The highest BCUT2D eigenvalue weighted by Crippen LogP contribution is 2.26. The summed E-state index contributed by atoms with van der Waals surface area (Å²) in [6.45, 7) is 13.0. The molecule has 1 saturated heterocycles. The van der Waals surface area contributed by atoms with E-state index < -0.39 is 0 Å². The van der Waals surface area contributed by atoms with Crippen LogP contribution in [-0.2, 0) is 9.53 Å². The minimum Gasteiger partial charge on any atom is -0.368 e. The molecule has 0 aliphatic carbocycles. The molecular weight excluding hydrogens is 202 g/mol. The van der Waals surface area contributed by atoms with Crippen LogP contribution in [0.4, 0.5) is 0 Å². The highest BCUT2D eigenvalue weighted by molar-refractivity contribution is 5.81. The Morgan fingerprint density at radius 2 is 1.88 bits per heavy atom. The molecule has 1 amide bonds. The average Bonchev–Trinajstić information content (AvgIpc) is 2.68. The van der Waals surface area contributed by atoms with Gasteiger partial charge in [-0.05, 0) is 32.1 Å². The summed E-state index contributed by atoms with van der Waals surface area (Å²) >= 11 is 0. The van der Waals surface area contributed by atoms with E-state index in [4.69, 9.17) is 4.74 Å². The van der Waals surface area contributed by atoms with Crippen molar-refractivity contribution in [3.63, 3.8) is 0 Å². The minimum atomic E-state index is -0.218. The molecule has 1 N–H and O–H groups in total. The molecule has 2 unspecified atom stereocenters. The molecule has 1 aliphatic heterocycles. The highest BCUT2D eigenvalue weighted by Gasteiger charge is 2.32. The standard InChI is InChI=1S/C11H21NO2.C2H6.H2/c1-7(2)9-5-10(14-6-9)11(13)12-8(3)4;1-2;/h7-10H,5-6H2,1-4H3,(H,12,13);1-2H3;1H. The smallest absolute Gasteiger partial charge is 0.249 e. The summed E-state index contributed by atoms with van der Waals surface area (Å²) in [5.41, 5.74) is 0. The van der Waals surface area contributed by atoms with Crippen LogP contribution in [0.5, 0.6) is 0 Å². The molecule has 1 heterocycles. The van der Waals surface area contributed by atoms with Crippen LogP contribution in [0.3, 0.4) is 0 Å². The second-order valence-electron chi connectivity index (χ2n) is 4.73. The first-order valence-corrected chi connectivity index (χ1v) is 6.42. The van der Waals surface area contributed by atoms with Gasteiger partial charge in [0.05, 0.1) is 6.61 Å². The summed E-state index contributed by atoms with van der Waals surface area (Å²) in [5.74, 6) is 1.19. The van der Waals surface area contributed by atoms with Gasteiger partial charge >= 0.3 is 0 Å². The number of hydrogen-bond donors (Lipinski definition) is 1. The lowest BCUT2D eigenvalue weighted by Gasteiger charge is -2.13. The van der Waals surface area contributed by atoms with Crippen molar-refractivity contribution >= 4 is 5.91 Å². The number of nitrogens with one attached hydrogen (secondary N) is 1. The Balaban J connectivity index is 0. The molecule has 0 bridgehead atoms. The van der Waals surface area contributed by atoms with Gasteiger partial charge in [0.15, 0.2) is 0 Å². The van der Waals surface area contributed by atoms with Crippen LogP contribution in [0.2, 0.25) is 0 Å². The van der Waals surface area contributed by atoms with Crippen molar-refractivity contribution in [1.29, 1.82) is 0 Å². The van der Waals surface area contributed by atoms with E-state index in [1.807, 2.05) is 27.7 Å². The maximum Gasteiger partial charge on any atom is 0.249 e. The lowest BCUT2D eigenvalue weighted by Crippen LogP contribution is -2.38. The van der Waals surface area contributed by atoms with Crippen LogP contribution in [0.1, 0.15) is 49.4 Å². The lowest BCUT2D eigenvalue weighted by molar-refractivity contribution is -0.130. The molecule has 1 fully saturated rings. The van der Waals surface area contributed by atoms with Crippen LogP contribution >= 0.6 is 0 Å². The third kappa shape index (κ3) is 4.97. The first kappa shape index (κ1) is 15.4. The zero-order valence-corrected chi connectivity index (χ0v) is 11.5. The van der Waals surface area contributed by atoms with Gasteiger partial charge in [-0.1, -0.05) is 27.7 Å². The zero-order valence-electron chi connectivity index (χ0n) is 11.5. The maximum atomic E-state index is 11.6. The summed E-state index contributed by atoms with van der Waals surface area (Å²) in [5, 5.41) is 2.88.